The molecule has 0 radical (unpaired) electrons. The van der Waals surface area contributed by atoms with Crippen LogP contribution < -0.4 is 15.9 Å². The first kappa shape index (κ1) is 11.6. The molecule has 0 aliphatic carbocycles. The topological polar surface area (TPSA) is 68.1 Å². The van der Waals surface area contributed by atoms with Crippen molar-refractivity contribution in [2.75, 3.05) is 0 Å². The van der Waals surface area contributed by atoms with Crippen LogP contribution in [0, 0.1) is 6.92 Å². The Hall–Kier alpha value is -1.50. The molecular weight excluding hydrogens is 213 g/mol. The molecule has 0 aromatic carbocycles. The molecule has 0 saturated heterocycles. The second-order valence-electron chi connectivity index (χ2n) is 2.88. The Morgan fingerprint density at radius 2 is 2.13 bits per heavy atom. The number of hydrogen-bond donors (Lipinski definition) is 2. The van der Waals surface area contributed by atoms with E-state index in [1.165, 1.54) is 6.92 Å². The van der Waals surface area contributed by atoms with E-state index in [2.05, 4.69) is 9.72 Å². The third-order valence-electron chi connectivity index (χ3n) is 1.62. The van der Waals surface area contributed by atoms with E-state index >= 15 is 0 Å². The molecule has 15 heavy (non-hydrogen) atoms. The minimum absolute atomic E-state index is 0.0719. The van der Waals surface area contributed by atoms with Crippen LogP contribution in [0.15, 0.2) is 10.9 Å². The van der Waals surface area contributed by atoms with E-state index in [1.54, 1.807) is 0 Å². The molecule has 1 heterocycles. The van der Waals surface area contributed by atoms with E-state index in [1.807, 2.05) is 0 Å². The molecule has 0 spiro atoms. The summed E-state index contributed by atoms with van der Waals surface area (Å²) in [6, 6.07) is 1.01. The van der Waals surface area contributed by atoms with Crippen molar-refractivity contribution in [3.05, 3.63) is 27.7 Å². The second-order valence-corrected chi connectivity index (χ2v) is 2.88. The number of aryl methyl sites for hydroxylation is 1. The molecule has 3 N–H and O–H groups in total. The molecule has 7 heteroatoms. The Bertz CT molecular complexity index is 411. The molecular formula is C8H9F3N2O2. The minimum atomic E-state index is -4.90. The normalized spacial score (nSPS) is 11.5. The Labute approximate surface area is 82.9 Å². The van der Waals surface area contributed by atoms with Crippen LogP contribution >= 0.6 is 0 Å². The van der Waals surface area contributed by atoms with Gasteiger partial charge in [-0.25, -0.2) is 0 Å². The summed E-state index contributed by atoms with van der Waals surface area (Å²) in [4.78, 5) is 13.7. The number of rotatable bonds is 2. The predicted molar refractivity (Wildman–Crippen MR) is 46.4 cm³/mol. The number of aromatic nitrogens is 1. The lowest BCUT2D eigenvalue weighted by Gasteiger charge is -2.11. The SMILES string of the molecule is Cc1cc(=O)c(OC(F)(F)F)c(CN)[nH]1. The molecule has 0 bridgehead atoms. The van der Waals surface area contributed by atoms with Crippen molar-refractivity contribution < 1.29 is 17.9 Å². The monoisotopic (exact) mass is 222 g/mol. The fourth-order valence-electron chi connectivity index (χ4n) is 1.11. The number of nitrogens with two attached hydrogens (primary N) is 1. The summed E-state index contributed by atoms with van der Waals surface area (Å²) < 4.78 is 39.4. The van der Waals surface area contributed by atoms with Gasteiger partial charge in [0.25, 0.3) is 0 Å². The summed E-state index contributed by atoms with van der Waals surface area (Å²) >= 11 is 0. The first-order valence-electron chi connectivity index (χ1n) is 4.02. The van der Waals surface area contributed by atoms with E-state index in [0.717, 1.165) is 6.07 Å². The molecule has 0 saturated carbocycles. The molecule has 0 unspecified atom stereocenters. The summed E-state index contributed by atoms with van der Waals surface area (Å²) in [5.41, 5.74) is 4.70. The Morgan fingerprint density at radius 1 is 1.53 bits per heavy atom. The van der Waals surface area contributed by atoms with Gasteiger partial charge in [-0.1, -0.05) is 0 Å². The highest BCUT2D eigenvalue weighted by Crippen LogP contribution is 2.21. The maximum atomic E-state index is 11.9. The highest BCUT2D eigenvalue weighted by atomic mass is 19.4. The molecule has 0 aliphatic rings. The molecule has 0 amide bonds. The third kappa shape index (κ3) is 2.98. The van der Waals surface area contributed by atoms with Crippen LogP contribution in [0.5, 0.6) is 5.75 Å². The van der Waals surface area contributed by atoms with Gasteiger partial charge in [-0.3, -0.25) is 4.79 Å². The largest absolute Gasteiger partial charge is 0.573 e. The van der Waals surface area contributed by atoms with Crippen molar-refractivity contribution in [3.63, 3.8) is 0 Å². The summed E-state index contributed by atoms with van der Waals surface area (Å²) in [6.45, 7) is 1.31. The van der Waals surface area contributed by atoms with Crippen LogP contribution in [0.4, 0.5) is 13.2 Å². The van der Waals surface area contributed by atoms with E-state index in [4.69, 9.17) is 5.73 Å². The zero-order chi connectivity index (χ0) is 11.6. The summed E-state index contributed by atoms with van der Waals surface area (Å²) in [5.74, 6) is -0.796. The van der Waals surface area contributed by atoms with Crippen LogP contribution in [0.1, 0.15) is 11.4 Å². The molecule has 1 aromatic rings. The van der Waals surface area contributed by atoms with Gasteiger partial charge in [-0.15, -0.1) is 13.2 Å². The number of aromatic amines is 1. The van der Waals surface area contributed by atoms with Gasteiger partial charge >= 0.3 is 6.36 Å². The smallest absolute Gasteiger partial charge is 0.400 e. The van der Waals surface area contributed by atoms with Crippen molar-refractivity contribution in [3.8, 4) is 5.75 Å². The van der Waals surface area contributed by atoms with E-state index < -0.39 is 17.5 Å². The average molecular weight is 222 g/mol. The third-order valence-corrected chi connectivity index (χ3v) is 1.62. The molecule has 1 aromatic heterocycles. The number of ether oxygens (including phenoxy) is 1. The molecule has 1 rings (SSSR count). The van der Waals surface area contributed by atoms with Crippen molar-refractivity contribution >= 4 is 0 Å². The quantitative estimate of drug-likeness (QED) is 0.785. The van der Waals surface area contributed by atoms with Crippen molar-refractivity contribution in [2.45, 2.75) is 19.8 Å². The van der Waals surface area contributed by atoms with Gasteiger partial charge in [0.2, 0.25) is 5.43 Å². The lowest BCUT2D eigenvalue weighted by molar-refractivity contribution is -0.275. The number of pyridine rings is 1. The lowest BCUT2D eigenvalue weighted by Crippen LogP contribution is -2.24. The predicted octanol–water partition coefficient (Wildman–Crippen LogP) is 1.04. The maximum absolute atomic E-state index is 11.9. The number of alkyl halides is 3. The molecule has 84 valence electrons. The van der Waals surface area contributed by atoms with Gasteiger partial charge < -0.3 is 15.5 Å². The Kier molecular flexibility index (Phi) is 3.04. The van der Waals surface area contributed by atoms with Gasteiger partial charge in [-0.2, -0.15) is 0 Å². The Balaban J connectivity index is 3.22. The van der Waals surface area contributed by atoms with Gasteiger partial charge in [-0.05, 0) is 6.92 Å². The number of halogens is 3. The second kappa shape index (κ2) is 3.93. The van der Waals surface area contributed by atoms with Gasteiger partial charge in [0.15, 0.2) is 5.75 Å². The lowest BCUT2D eigenvalue weighted by atomic mass is 10.3. The fraction of sp³-hybridized carbons (Fsp3) is 0.375. The van der Waals surface area contributed by atoms with Crippen molar-refractivity contribution in [1.29, 1.82) is 0 Å². The summed E-state index contributed by atoms with van der Waals surface area (Å²) in [5, 5.41) is 0. The highest BCUT2D eigenvalue weighted by Gasteiger charge is 2.33. The summed E-state index contributed by atoms with van der Waals surface area (Å²) in [6.07, 6.45) is -4.90. The number of H-pyrrole nitrogens is 1. The van der Waals surface area contributed by atoms with Gasteiger partial charge in [0.1, 0.15) is 0 Å². The minimum Gasteiger partial charge on any atom is -0.400 e. The number of nitrogens with one attached hydrogen (secondary N) is 1. The van der Waals surface area contributed by atoms with Crippen LogP contribution in [-0.4, -0.2) is 11.3 Å². The first-order valence-corrected chi connectivity index (χ1v) is 4.02. The zero-order valence-electron chi connectivity index (χ0n) is 7.81. The zero-order valence-corrected chi connectivity index (χ0v) is 7.81. The average Bonchev–Trinajstić information content (AvgIpc) is 2.07. The Morgan fingerprint density at radius 3 is 2.60 bits per heavy atom. The van der Waals surface area contributed by atoms with Crippen LogP contribution in [0.3, 0.4) is 0 Å². The molecule has 0 atom stereocenters. The van der Waals surface area contributed by atoms with E-state index in [0.29, 0.717) is 5.69 Å². The van der Waals surface area contributed by atoms with Crippen molar-refractivity contribution in [2.24, 2.45) is 5.73 Å². The van der Waals surface area contributed by atoms with E-state index in [-0.39, 0.29) is 12.2 Å². The van der Waals surface area contributed by atoms with Crippen LogP contribution in [0.2, 0.25) is 0 Å². The van der Waals surface area contributed by atoms with Gasteiger partial charge in [0.05, 0.1) is 5.69 Å². The van der Waals surface area contributed by atoms with E-state index in [9.17, 15) is 18.0 Å². The maximum Gasteiger partial charge on any atom is 0.573 e. The molecule has 4 nitrogen and oxygen atoms in total. The first-order chi connectivity index (χ1) is 6.83. The standard InChI is InChI=1S/C8H9F3N2O2/c1-4-2-6(14)7(5(3-12)13-4)15-8(9,10)11/h2H,3,12H2,1H3,(H,13,14). The van der Waals surface area contributed by atoms with Crippen LogP contribution in [0.25, 0.3) is 0 Å². The molecule has 0 aliphatic heterocycles. The highest BCUT2D eigenvalue weighted by molar-refractivity contribution is 5.29. The molecule has 0 fully saturated rings. The van der Waals surface area contributed by atoms with Crippen LogP contribution in [-0.2, 0) is 6.54 Å². The number of hydrogen-bond acceptors (Lipinski definition) is 3. The summed E-state index contributed by atoms with van der Waals surface area (Å²) in [7, 11) is 0. The fourth-order valence-corrected chi connectivity index (χ4v) is 1.11. The van der Waals surface area contributed by atoms with Crippen molar-refractivity contribution in [1.82, 2.24) is 4.98 Å². The van der Waals surface area contributed by atoms with Gasteiger partial charge in [0, 0.05) is 18.3 Å².